The highest BCUT2D eigenvalue weighted by atomic mass is 35.5. The monoisotopic (exact) mass is 444 g/mol. The fourth-order valence-electron chi connectivity index (χ4n) is 2.82. The molecule has 8 heteroatoms. The number of sulfonamides is 1. The molecular formula is C22H21ClN2O4S. The molecule has 1 amide bonds. The minimum absolute atomic E-state index is 0.0307. The molecule has 6 nitrogen and oxygen atoms in total. The van der Waals surface area contributed by atoms with Gasteiger partial charge in [-0.2, -0.15) is 4.31 Å². The summed E-state index contributed by atoms with van der Waals surface area (Å²) in [6, 6.07) is 21.9. The molecule has 3 rings (SSSR count). The van der Waals surface area contributed by atoms with Gasteiger partial charge in [-0.05, 0) is 48.0 Å². The molecule has 0 aliphatic rings. The second kappa shape index (κ2) is 9.75. The number of methoxy groups -OCH3 is 1. The summed E-state index contributed by atoms with van der Waals surface area (Å²) < 4.78 is 32.7. The molecule has 0 aromatic heterocycles. The van der Waals surface area contributed by atoms with Crippen LogP contribution >= 0.6 is 11.6 Å². The average Bonchev–Trinajstić information content (AvgIpc) is 2.74. The number of benzene rings is 3. The van der Waals surface area contributed by atoms with E-state index in [0.29, 0.717) is 16.5 Å². The van der Waals surface area contributed by atoms with E-state index >= 15 is 0 Å². The van der Waals surface area contributed by atoms with Gasteiger partial charge in [0, 0.05) is 17.3 Å². The molecule has 0 unspecified atom stereocenters. The number of rotatable bonds is 8. The third-order valence-electron chi connectivity index (χ3n) is 4.33. The lowest BCUT2D eigenvalue weighted by Gasteiger charge is -2.22. The van der Waals surface area contributed by atoms with E-state index in [1.54, 1.807) is 43.5 Å². The van der Waals surface area contributed by atoms with Crippen molar-refractivity contribution in [1.29, 1.82) is 0 Å². The summed E-state index contributed by atoms with van der Waals surface area (Å²) in [5, 5.41) is 3.02. The van der Waals surface area contributed by atoms with Gasteiger partial charge in [0.15, 0.2) is 0 Å². The van der Waals surface area contributed by atoms with E-state index in [1.807, 2.05) is 30.3 Å². The van der Waals surface area contributed by atoms with Crippen LogP contribution in [0.5, 0.6) is 5.75 Å². The maximum absolute atomic E-state index is 13.2. The number of anilines is 1. The molecule has 0 bridgehead atoms. The first-order valence-electron chi connectivity index (χ1n) is 9.12. The first-order valence-corrected chi connectivity index (χ1v) is 10.9. The van der Waals surface area contributed by atoms with Gasteiger partial charge in [-0.1, -0.05) is 48.0 Å². The molecule has 0 radical (unpaired) electrons. The third-order valence-corrected chi connectivity index (χ3v) is 6.35. The summed E-state index contributed by atoms with van der Waals surface area (Å²) in [5.74, 6) is 0.198. The molecule has 156 valence electrons. The number of ether oxygens (including phenoxy) is 1. The topological polar surface area (TPSA) is 75.7 Å². The first-order chi connectivity index (χ1) is 14.4. The van der Waals surface area contributed by atoms with Crippen molar-refractivity contribution in [3.05, 3.63) is 89.4 Å². The van der Waals surface area contributed by atoms with Gasteiger partial charge >= 0.3 is 0 Å². The second-order valence-corrected chi connectivity index (χ2v) is 8.87. The summed E-state index contributed by atoms with van der Waals surface area (Å²) in [6.45, 7) is -0.304. The number of nitrogens with zero attached hydrogens (tertiary/aromatic N) is 1. The van der Waals surface area contributed by atoms with Crippen LogP contribution < -0.4 is 10.1 Å². The molecular weight excluding hydrogens is 424 g/mol. The lowest BCUT2D eigenvalue weighted by atomic mass is 10.2. The van der Waals surface area contributed by atoms with Gasteiger partial charge in [-0.15, -0.1) is 0 Å². The number of hydrogen-bond acceptors (Lipinski definition) is 4. The van der Waals surface area contributed by atoms with Gasteiger partial charge in [0.05, 0.1) is 18.6 Å². The fourth-order valence-corrected chi connectivity index (χ4v) is 4.51. The number of halogens is 1. The highest BCUT2D eigenvalue weighted by Gasteiger charge is 2.27. The summed E-state index contributed by atoms with van der Waals surface area (Å²) in [6.07, 6.45) is 0. The molecule has 0 saturated carbocycles. The predicted molar refractivity (Wildman–Crippen MR) is 117 cm³/mol. The van der Waals surface area contributed by atoms with E-state index in [2.05, 4.69) is 5.32 Å². The van der Waals surface area contributed by atoms with Crippen molar-refractivity contribution in [3.63, 3.8) is 0 Å². The zero-order chi connectivity index (χ0) is 21.6. The van der Waals surface area contributed by atoms with Crippen LogP contribution in [0.3, 0.4) is 0 Å². The molecule has 0 atom stereocenters. The molecule has 0 saturated heterocycles. The Bertz CT molecular complexity index is 1100. The average molecular weight is 445 g/mol. The predicted octanol–water partition coefficient (Wildman–Crippen LogP) is 4.18. The van der Waals surface area contributed by atoms with Crippen molar-refractivity contribution in [2.45, 2.75) is 11.4 Å². The van der Waals surface area contributed by atoms with Gasteiger partial charge < -0.3 is 10.1 Å². The zero-order valence-corrected chi connectivity index (χ0v) is 17.9. The summed E-state index contributed by atoms with van der Waals surface area (Å²) in [7, 11) is -2.40. The van der Waals surface area contributed by atoms with Crippen LogP contribution in [0.4, 0.5) is 5.69 Å². The van der Waals surface area contributed by atoms with E-state index in [4.69, 9.17) is 16.3 Å². The third kappa shape index (κ3) is 5.60. The number of hydrogen-bond donors (Lipinski definition) is 1. The maximum Gasteiger partial charge on any atom is 0.243 e. The molecule has 0 heterocycles. The molecule has 0 aliphatic carbocycles. The normalized spacial score (nSPS) is 11.3. The number of amides is 1. The molecule has 0 fully saturated rings. The first kappa shape index (κ1) is 21.8. The Morgan fingerprint density at radius 3 is 2.33 bits per heavy atom. The molecule has 3 aromatic carbocycles. The molecule has 3 aromatic rings. The smallest absolute Gasteiger partial charge is 0.243 e. The van der Waals surface area contributed by atoms with Crippen LogP contribution in [0.1, 0.15) is 5.56 Å². The lowest BCUT2D eigenvalue weighted by molar-refractivity contribution is -0.116. The van der Waals surface area contributed by atoms with Crippen molar-refractivity contribution in [1.82, 2.24) is 4.31 Å². The fraction of sp³-hybridized carbons (Fsp3) is 0.136. The van der Waals surface area contributed by atoms with Gasteiger partial charge in [-0.3, -0.25) is 4.79 Å². The number of nitrogens with one attached hydrogen (secondary N) is 1. The zero-order valence-electron chi connectivity index (χ0n) is 16.3. The highest BCUT2D eigenvalue weighted by Crippen LogP contribution is 2.22. The molecule has 0 aliphatic heterocycles. The van der Waals surface area contributed by atoms with Gasteiger partial charge in [-0.25, -0.2) is 8.42 Å². The Balaban J connectivity index is 1.84. The van der Waals surface area contributed by atoms with Crippen molar-refractivity contribution in [2.75, 3.05) is 19.0 Å². The molecule has 0 spiro atoms. The van der Waals surface area contributed by atoms with E-state index < -0.39 is 15.9 Å². The largest absolute Gasteiger partial charge is 0.497 e. The van der Waals surface area contributed by atoms with Crippen LogP contribution in [-0.2, 0) is 21.4 Å². The highest BCUT2D eigenvalue weighted by molar-refractivity contribution is 7.89. The van der Waals surface area contributed by atoms with Gasteiger partial charge in [0.1, 0.15) is 5.75 Å². The Kier molecular flexibility index (Phi) is 7.10. The van der Waals surface area contributed by atoms with Gasteiger partial charge in [0.2, 0.25) is 15.9 Å². The van der Waals surface area contributed by atoms with Crippen molar-refractivity contribution in [2.24, 2.45) is 0 Å². The Labute approximate surface area is 181 Å². The summed E-state index contributed by atoms with van der Waals surface area (Å²) in [4.78, 5) is 12.7. The summed E-state index contributed by atoms with van der Waals surface area (Å²) in [5.41, 5.74) is 1.31. The van der Waals surface area contributed by atoms with Crippen LogP contribution in [0.15, 0.2) is 83.8 Å². The van der Waals surface area contributed by atoms with E-state index in [-0.39, 0.29) is 18.0 Å². The quantitative estimate of drug-likeness (QED) is 0.565. The van der Waals surface area contributed by atoms with Crippen molar-refractivity contribution in [3.8, 4) is 5.75 Å². The number of carbonyl (C=O) groups excluding carboxylic acids is 1. The molecule has 30 heavy (non-hydrogen) atoms. The van der Waals surface area contributed by atoms with Gasteiger partial charge in [0.25, 0.3) is 0 Å². The van der Waals surface area contributed by atoms with E-state index in [0.717, 1.165) is 9.87 Å². The minimum Gasteiger partial charge on any atom is -0.497 e. The van der Waals surface area contributed by atoms with Crippen LogP contribution in [0, 0.1) is 0 Å². The Morgan fingerprint density at radius 2 is 1.70 bits per heavy atom. The lowest BCUT2D eigenvalue weighted by Crippen LogP contribution is -2.37. The van der Waals surface area contributed by atoms with Crippen LogP contribution in [-0.4, -0.2) is 32.3 Å². The summed E-state index contributed by atoms with van der Waals surface area (Å²) >= 11 is 5.98. The Hall–Kier alpha value is -2.87. The standard InChI is InChI=1S/C22H21ClN2O4S/c1-29-20-12-10-19(11-13-20)24-22(26)16-25(15-17-6-3-2-4-7-17)30(27,28)21-9-5-8-18(23)14-21/h2-14H,15-16H2,1H3,(H,24,26). The minimum atomic E-state index is -3.95. The van der Waals surface area contributed by atoms with Crippen LogP contribution in [0.25, 0.3) is 0 Å². The Morgan fingerprint density at radius 1 is 1.00 bits per heavy atom. The molecule has 1 N–H and O–H groups in total. The van der Waals surface area contributed by atoms with E-state index in [1.165, 1.54) is 12.1 Å². The van der Waals surface area contributed by atoms with E-state index in [9.17, 15) is 13.2 Å². The van der Waals surface area contributed by atoms with Crippen LogP contribution in [0.2, 0.25) is 5.02 Å². The van der Waals surface area contributed by atoms with Crippen molar-refractivity contribution >= 4 is 33.2 Å². The second-order valence-electron chi connectivity index (χ2n) is 6.49. The van der Waals surface area contributed by atoms with Crippen molar-refractivity contribution < 1.29 is 17.9 Å². The SMILES string of the molecule is COc1ccc(NC(=O)CN(Cc2ccccc2)S(=O)(=O)c2cccc(Cl)c2)cc1. The maximum atomic E-state index is 13.2. The number of carbonyl (C=O) groups is 1.